The molecule has 1 fully saturated rings. The second-order valence-corrected chi connectivity index (χ2v) is 9.30. The number of piperidine rings is 1. The summed E-state index contributed by atoms with van der Waals surface area (Å²) >= 11 is 1.07. The van der Waals surface area contributed by atoms with Gasteiger partial charge in [0.25, 0.3) is 0 Å². The number of fused-ring (bicyclic) bond motifs is 1. The monoisotopic (exact) mass is 464 g/mol. The third-order valence-corrected chi connectivity index (χ3v) is 6.85. The van der Waals surface area contributed by atoms with Crippen LogP contribution in [0.2, 0.25) is 0 Å². The summed E-state index contributed by atoms with van der Waals surface area (Å²) in [4.78, 5) is 14.1. The van der Waals surface area contributed by atoms with E-state index in [0.29, 0.717) is 29.0 Å². The molecule has 1 aromatic carbocycles. The lowest BCUT2D eigenvalue weighted by molar-refractivity contribution is -0.126. The van der Waals surface area contributed by atoms with Crippen LogP contribution in [-0.4, -0.2) is 58.4 Å². The SMILES string of the molecule is OCCCN(c1ncnc2sc(CC(F)(F)F)cc12)C1CCN(Cc2ccccc2)CC1. The highest BCUT2D eigenvalue weighted by atomic mass is 32.1. The molecule has 172 valence electrons. The normalized spacial score (nSPS) is 16.0. The molecular weight excluding hydrogens is 437 g/mol. The van der Waals surface area contributed by atoms with Crippen molar-refractivity contribution in [1.82, 2.24) is 14.9 Å². The Hall–Kier alpha value is -2.23. The van der Waals surface area contributed by atoms with Gasteiger partial charge in [-0.1, -0.05) is 30.3 Å². The molecule has 3 heterocycles. The van der Waals surface area contributed by atoms with Gasteiger partial charge in [0.15, 0.2) is 0 Å². The molecule has 0 amide bonds. The van der Waals surface area contributed by atoms with Crippen molar-refractivity contribution in [3.05, 3.63) is 53.2 Å². The number of halogens is 3. The van der Waals surface area contributed by atoms with Gasteiger partial charge in [-0.25, -0.2) is 9.97 Å². The fraction of sp³-hybridized carbons (Fsp3) is 0.478. The zero-order chi connectivity index (χ0) is 22.6. The Morgan fingerprint density at radius 1 is 1.12 bits per heavy atom. The summed E-state index contributed by atoms with van der Waals surface area (Å²) in [6, 6.07) is 12.2. The van der Waals surface area contributed by atoms with Crippen molar-refractivity contribution in [2.24, 2.45) is 0 Å². The highest BCUT2D eigenvalue weighted by molar-refractivity contribution is 7.18. The molecule has 1 aliphatic rings. The maximum absolute atomic E-state index is 12.9. The Kier molecular flexibility index (Phi) is 7.27. The zero-order valence-electron chi connectivity index (χ0n) is 17.8. The third kappa shape index (κ3) is 5.76. The minimum atomic E-state index is -4.25. The first-order valence-electron chi connectivity index (χ1n) is 10.9. The second kappa shape index (κ2) is 10.1. The van der Waals surface area contributed by atoms with Crippen LogP contribution >= 0.6 is 11.3 Å². The Balaban J connectivity index is 1.52. The molecule has 0 spiro atoms. The van der Waals surface area contributed by atoms with Gasteiger partial charge < -0.3 is 10.0 Å². The number of alkyl halides is 3. The second-order valence-electron chi connectivity index (χ2n) is 8.18. The summed E-state index contributed by atoms with van der Waals surface area (Å²) in [5, 5.41) is 10.1. The number of aliphatic hydroxyl groups excluding tert-OH is 1. The van der Waals surface area contributed by atoms with Crippen LogP contribution in [0.1, 0.15) is 29.7 Å². The van der Waals surface area contributed by atoms with Gasteiger partial charge in [-0.15, -0.1) is 11.3 Å². The minimum absolute atomic E-state index is 0.0561. The number of likely N-dealkylation sites (tertiary alicyclic amines) is 1. The first-order chi connectivity index (χ1) is 15.4. The number of rotatable bonds is 8. The van der Waals surface area contributed by atoms with Crippen molar-refractivity contribution in [1.29, 1.82) is 0 Å². The van der Waals surface area contributed by atoms with Gasteiger partial charge in [-0.3, -0.25) is 4.90 Å². The fourth-order valence-electron chi connectivity index (χ4n) is 4.34. The van der Waals surface area contributed by atoms with E-state index in [1.807, 2.05) is 18.2 Å². The number of nitrogens with zero attached hydrogens (tertiary/aromatic N) is 4. The van der Waals surface area contributed by atoms with Crippen LogP contribution in [0.5, 0.6) is 0 Å². The molecule has 0 aliphatic carbocycles. The van der Waals surface area contributed by atoms with E-state index in [2.05, 4.69) is 31.9 Å². The van der Waals surface area contributed by atoms with Gasteiger partial charge >= 0.3 is 6.18 Å². The summed E-state index contributed by atoms with van der Waals surface area (Å²) in [7, 11) is 0. The van der Waals surface area contributed by atoms with E-state index in [1.165, 1.54) is 11.9 Å². The highest BCUT2D eigenvalue weighted by Gasteiger charge is 2.30. The molecule has 1 aliphatic heterocycles. The standard InChI is InChI=1S/C23H27F3N4OS/c24-23(25,26)14-19-13-20-21(27-16-28-22(20)32-19)30(9-4-12-31)18-7-10-29(11-8-18)15-17-5-2-1-3-6-17/h1-3,5-6,13,16,18,31H,4,7-12,14-15H2. The molecule has 0 unspecified atom stereocenters. The number of hydrogen-bond donors (Lipinski definition) is 1. The largest absolute Gasteiger partial charge is 0.396 e. The molecule has 2 aromatic heterocycles. The number of anilines is 1. The Morgan fingerprint density at radius 3 is 2.56 bits per heavy atom. The third-order valence-electron chi connectivity index (χ3n) is 5.81. The van der Waals surface area contributed by atoms with Crippen LogP contribution in [0.3, 0.4) is 0 Å². The summed E-state index contributed by atoms with van der Waals surface area (Å²) in [6.07, 6.45) is -1.33. The average Bonchev–Trinajstić information content (AvgIpc) is 3.17. The van der Waals surface area contributed by atoms with Crippen LogP contribution in [0.25, 0.3) is 10.2 Å². The Morgan fingerprint density at radius 2 is 1.88 bits per heavy atom. The van der Waals surface area contributed by atoms with E-state index in [0.717, 1.165) is 43.8 Å². The maximum Gasteiger partial charge on any atom is 0.393 e. The van der Waals surface area contributed by atoms with Crippen LogP contribution in [0.4, 0.5) is 19.0 Å². The van der Waals surface area contributed by atoms with Crippen molar-refractivity contribution in [3.8, 4) is 0 Å². The lowest BCUT2D eigenvalue weighted by atomic mass is 10.0. The van der Waals surface area contributed by atoms with Gasteiger partial charge in [0.1, 0.15) is 17.0 Å². The summed E-state index contributed by atoms with van der Waals surface area (Å²) in [6.45, 7) is 3.45. The van der Waals surface area contributed by atoms with Gasteiger partial charge in [0, 0.05) is 43.7 Å². The van der Waals surface area contributed by atoms with E-state index in [1.54, 1.807) is 6.07 Å². The quantitative estimate of drug-likeness (QED) is 0.526. The van der Waals surface area contributed by atoms with E-state index < -0.39 is 12.6 Å². The first kappa shape index (κ1) is 22.9. The number of benzene rings is 1. The lowest BCUT2D eigenvalue weighted by Crippen LogP contribution is -2.45. The van der Waals surface area contributed by atoms with Crippen LogP contribution in [-0.2, 0) is 13.0 Å². The number of hydrogen-bond acceptors (Lipinski definition) is 6. The Labute approximate surface area is 189 Å². The average molecular weight is 465 g/mol. The molecule has 3 aromatic rings. The van der Waals surface area contributed by atoms with Crippen molar-refractivity contribution < 1.29 is 18.3 Å². The van der Waals surface area contributed by atoms with E-state index in [9.17, 15) is 18.3 Å². The van der Waals surface area contributed by atoms with Crippen molar-refractivity contribution >= 4 is 27.4 Å². The van der Waals surface area contributed by atoms with Crippen LogP contribution in [0, 0.1) is 0 Å². The van der Waals surface area contributed by atoms with Crippen molar-refractivity contribution in [2.45, 2.75) is 44.4 Å². The maximum atomic E-state index is 12.9. The van der Waals surface area contributed by atoms with Gasteiger partial charge in [0.05, 0.1) is 11.8 Å². The van der Waals surface area contributed by atoms with Crippen molar-refractivity contribution in [2.75, 3.05) is 31.1 Å². The molecule has 5 nitrogen and oxygen atoms in total. The lowest BCUT2D eigenvalue weighted by Gasteiger charge is -2.39. The Bertz CT molecular complexity index is 1000. The van der Waals surface area contributed by atoms with E-state index in [4.69, 9.17) is 0 Å². The van der Waals surface area contributed by atoms with Crippen LogP contribution in [0.15, 0.2) is 42.7 Å². The zero-order valence-corrected chi connectivity index (χ0v) is 18.6. The van der Waals surface area contributed by atoms with E-state index in [-0.39, 0.29) is 17.5 Å². The molecule has 0 bridgehead atoms. The van der Waals surface area contributed by atoms with Gasteiger partial charge in [-0.05, 0) is 30.9 Å². The molecule has 0 radical (unpaired) electrons. The smallest absolute Gasteiger partial charge is 0.393 e. The predicted molar refractivity (Wildman–Crippen MR) is 121 cm³/mol. The highest BCUT2D eigenvalue weighted by Crippen LogP contribution is 2.35. The van der Waals surface area contributed by atoms with Gasteiger partial charge in [-0.2, -0.15) is 13.2 Å². The molecule has 1 N–H and O–H groups in total. The van der Waals surface area contributed by atoms with Gasteiger partial charge in [0.2, 0.25) is 0 Å². The summed E-state index contributed by atoms with van der Waals surface area (Å²) < 4.78 is 38.7. The predicted octanol–water partition coefficient (Wildman–Crippen LogP) is 4.65. The summed E-state index contributed by atoms with van der Waals surface area (Å²) in [5.41, 5.74) is 1.29. The summed E-state index contributed by atoms with van der Waals surface area (Å²) in [5.74, 6) is 0.676. The topological polar surface area (TPSA) is 52.5 Å². The molecule has 32 heavy (non-hydrogen) atoms. The molecule has 1 saturated heterocycles. The number of aromatic nitrogens is 2. The molecular formula is C23H27F3N4OS. The number of aliphatic hydroxyl groups is 1. The molecule has 9 heteroatoms. The molecule has 0 atom stereocenters. The van der Waals surface area contributed by atoms with Crippen LogP contribution < -0.4 is 4.90 Å². The first-order valence-corrected chi connectivity index (χ1v) is 11.7. The van der Waals surface area contributed by atoms with E-state index >= 15 is 0 Å². The minimum Gasteiger partial charge on any atom is -0.396 e. The molecule has 4 rings (SSSR count). The molecule has 0 saturated carbocycles. The van der Waals surface area contributed by atoms with Crippen molar-refractivity contribution in [3.63, 3.8) is 0 Å². The number of thiophene rings is 1. The fourth-order valence-corrected chi connectivity index (χ4v) is 5.36.